The number of hydrogen-bond acceptors (Lipinski definition) is 7. The van der Waals surface area contributed by atoms with Gasteiger partial charge in [0.1, 0.15) is 17.1 Å². The Labute approximate surface area is 152 Å². The first-order valence-electron chi connectivity index (χ1n) is 7.96. The van der Waals surface area contributed by atoms with Crippen LogP contribution >= 0.6 is 0 Å². The molecule has 0 aliphatic heterocycles. The molecule has 132 valence electrons. The molecule has 3 aromatic heterocycles. The van der Waals surface area contributed by atoms with Crippen molar-refractivity contribution in [2.24, 2.45) is 0 Å². The van der Waals surface area contributed by atoms with E-state index in [1.165, 1.54) is 42.7 Å². The van der Waals surface area contributed by atoms with E-state index in [0.29, 0.717) is 16.5 Å². The van der Waals surface area contributed by atoms with Gasteiger partial charge in [0, 0.05) is 42.4 Å². The molecule has 0 fully saturated rings. The van der Waals surface area contributed by atoms with Crippen molar-refractivity contribution in [2.75, 3.05) is 0 Å². The number of phenolic OH excluding ortho intramolecular Hbond substituents is 1. The Balaban J connectivity index is 1.62. The van der Waals surface area contributed by atoms with Crippen LogP contribution in [-0.4, -0.2) is 21.0 Å². The standard InChI is InChI=1S/C20H12N2O5/c23-14-4-5-15-16(24)9-17(26-18(15)8-14)12-3-6-19(22-11-12)27-20(25)13-2-1-7-21-10-13/h1-11,23H. The molecule has 0 saturated heterocycles. The molecule has 3 heterocycles. The van der Waals surface area contributed by atoms with Crippen molar-refractivity contribution in [3.8, 4) is 23.0 Å². The second-order valence-electron chi connectivity index (χ2n) is 5.67. The fourth-order valence-corrected chi connectivity index (χ4v) is 2.51. The minimum atomic E-state index is -0.573. The Kier molecular flexibility index (Phi) is 4.10. The molecule has 4 aromatic rings. The van der Waals surface area contributed by atoms with Crippen LogP contribution in [0.2, 0.25) is 0 Å². The largest absolute Gasteiger partial charge is 0.508 e. The lowest BCUT2D eigenvalue weighted by atomic mass is 10.1. The van der Waals surface area contributed by atoms with Crippen molar-refractivity contribution in [3.05, 3.63) is 82.9 Å². The Bertz CT molecular complexity index is 1180. The van der Waals surface area contributed by atoms with Gasteiger partial charge in [-0.15, -0.1) is 0 Å². The average Bonchev–Trinajstić information content (AvgIpc) is 2.69. The van der Waals surface area contributed by atoms with Crippen LogP contribution in [0.25, 0.3) is 22.3 Å². The van der Waals surface area contributed by atoms with Crippen molar-refractivity contribution in [1.82, 2.24) is 9.97 Å². The number of aromatic hydroxyl groups is 1. The SMILES string of the molecule is O=C(Oc1ccc(-c2cc(=O)c3ccc(O)cc3o2)cn1)c1cccnc1. The van der Waals surface area contributed by atoms with Crippen LogP contribution in [0.1, 0.15) is 10.4 Å². The zero-order chi connectivity index (χ0) is 18.8. The molecule has 0 atom stereocenters. The molecular formula is C20H12N2O5. The molecule has 4 rings (SSSR count). The van der Waals surface area contributed by atoms with E-state index in [4.69, 9.17) is 9.15 Å². The van der Waals surface area contributed by atoms with E-state index >= 15 is 0 Å². The van der Waals surface area contributed by atoms with Crippen LogP contribution in [0.4, 0.5) is 0 Å². The van der Waals surface area contributed by atoms with Crippen LogP contribution in [-0.2, 0) is 0 Å². The Morgan fingerprint density at radius 3 is 2.70 bits per heavy atom. The fraction of sp³-hybridized carbons (Fsp3) is 0. The van der Waals surface area contributed by atoms with Gasteiger partial charge in [-0.05, 0) is 30.3 Å². The number of rotatable bonds is 3. The summed E-state index contributed by atoms with van der Waals surface area (Å²) in [6.45, 7) is 0. The maximum absolute atomic E-state index is 12.2. The van der Waals surface area contributed by atoms with E-state index in [0.717, 1.165) is 0 Å². The number of esters is 1. The quantitative estimate of drug-likeness (QED) is 0.560. The van der Waals surface area contributed by atoms with Crippen LogP contribution < -0.4 is 10.2 Å². The molecule has 7 heteroatoms. The molecule has 1 N–H and O–H groups in total. The molecular weight excluding hydrogens is 348 g/mol. The van der Waals surface area contributed by atoms with Crippen molar-refractivity contribution >= 4 is 16.9 Å². The molecule has 0 spiro atoms. The van der Waals surface area contributed by atoms with Gasteiger partial charge in [0.15, 0.2) is 5.43 Å². The molecule has 0 bridgehead atoms. The van der Waals surface area contributed by atoms with Crippen LogP contribution in [0.3, 0.4) is 0 Å². The zero-order valence-corrected chi connectivity index (χ0v) is 13.8. The first-order chi connectivity index (χ1) is 13.1. The number of nitrogens with zero attached hydrogens (tertiary/aromatic N) is 2. The predicted molar refractivity (Wildman–Crippen MR) is 96.6 cm³/mol. The summed E-state index contributed by atoms with van der Waals surface area (Å²) in [5.41, 5.74) is 0.866. The summed E-state index contributed by atoms with van der Waals surface area (Å²) in [6.07, 6.45) is 4.38. The summed E-state index contributed by atoms with van der Waals surface area (Å²) in [4.78, 5) is 32.2. The van der Waals surface area contributed by atoms with Crippen molar-refractivity contribution < 1.29 is 19.1 Å². The molecule has 27 heavy (non-hydrogen) atoms. The van der Waals surface area contributed by atoms with E-state index in [-0.39, 0.29) is 28.4 Å². The topological polar surface area (TPSA) is 103 Å². The first kappa shape index (κ1) is 16.5. The van der Waals surface area contributed by atoms with E-state index in [1.807, 2.05) is 0 Å². The second kappa shape index (κ2) is 6.72. The van der Waals surface area contributed by atoms with E-state index in [9.17, 15) is 14.7 Å². The molecule has 0 unspecified atom stereocenters. The molecule has 0 radical (unpaired) electrons. The number of fused-ring (bicyclic) bond motifs is 1. The summed E-state index contributed by atoms with van der Waals surface area (Å²) < 4.78 is 10.9. The van der Waals surface area contributed by atoms with Crippen LogP contribution in [0.5, 0.6) is 11.6 Å². The highest BCUT2D eigenvalue weighted by Gasteiger charge is 2.11. The normalized spacial score (nSPS) is 10.7. The Morgan fingerprint density at radius 2 is 1.96 bits per heavy atom. The molecule has 0 aliphatic carbocycles. The zero-order valence-electron chi connectivity index (χ0n) is 13.8. The van der Waals surface area contributed by atoms with Gasteiger partial charge >= 0.3 is 5.97 Å². The number of aromatic nitrogens is 2. The number of hydrogen-bond donors (Lipinski definition) is 1. The third-order valence-corrected chi connectivity index (χ3v) is 3.83. The highest BCUT2D eigenvalue weighted by Crippen LogP contribution is 2.25. The highest BCUT2D eigenvalue weighted by atomic mass is 16.5. The summed E-state index contributed by atoms with van der Waals surface area (Å²) in [5, 5.41) is 9.94. The maximum atomic E-state index is 12.2. The number of ether oxygens (including phenoxy) is 1. The lowest BCUT2D eigenvalue weighted by Crippen LogP contribution is -2.09. The fourth-order valence-electron chi connectivity index (χ4n) is 2.51. The number of benzene rings is 1. The van der Waals surface area contributed by atoms with Crippen LogP contribution in [0, 0.1) is 0 Å². The average molecular weight is 360 g/mol. The molecule has 0 aliphatic rings. The highest BCUT2D eigenvalue weighted by molar-refractivity contribution is 5.90. The van der Waals surface area contributed by atoms with Gasteiger partial charge in [-0.2, -0.15) is 0 Å². The van der Waals surface area contributed by atoms with Gasteiger partial charge < -0.3 is 14.3 Å². The van der Waals surface area contributed by atoms with Crippen molar-refractivity contribution in [3.63, 3.8) is 0 Å². The van der Waals surface area contributed by atoms with E-state index in [2.05, 4.69) is 9.97 Å². The number of carbonyl (C=O) groups excluding carboxylic acids is 1. The molecule has 0 amide bonds. The van der Waals surface area contributed by atoms with Gasteiger partial charge in [0.05, 0.1) is 10.9 Å². The van der Waals surface area contributed by atoms with Gasteiger partial charge in [0.2, 0.25) is 5.88 Å². The van der Waals surface area contributed by atoms with Crippen molar-refractivity contribution in [2.45, 2.75) is 0 Å². The number of phenols is 1. The van der Waals surface area contributed by atoms with E-state index in [1.54, 1.807) is 24.4 Å². The summed E-state index contributed by atoms with van der Waals surface area (Å²) >= 11 is 0. The minimum Gasteiger partial charge on any atom is -0.508 e. The smallest absolute Gasteiger partial charge is 0.346 e. The van der Waals surface area contributed by atoms with Crippen molar-refractivity contribution in [1.29, 1.82) is 0 Å². The first-order valence-corrected chi connectivity index (χ1v) is 7.96. The van der Waals surface area contributed by atoms with Crippen LogP contribution in [0.15, 0.2) is 76.3 Å². The minimum absolute atomic E-state index is 0.00131. The molecule has 1 aromatic carbocycles. The number of carbonyl (C=O) groups is 1. The molecule has 0 saturated carbocycles. The van der Waals surface area contributed by atoms with Gasteiger partial charge in [0.25, 0.3) is 0 Å². The van der Waals surface area contributed by atoms with E-state index < -0.39 is 5.97 Å². The van der Waals surface area contributed by atoms with Gasteiger partial charge in [-0.1, -0.05) is 0 Å². The summed E-state index contributed by atoms with van der Waals surface area (Å²) in [7, 11) is 0. The summed E-state index contributed by atoms with van der Waals surface area (Å²) in [6, 6.07) is 12.0. The van der Waals surface area contributed by atoms with Gasteiger partial charge in [-0.25, -0.2) is 9.78 Å². The monoisotopic (exact) mass is 360 g/mol. The second-order valence-corrected chi connectivity index (χ2v) is 5.67. The third-order valence-electron chi connectivity index (χ3n) is 3.83. The predicted octanol–water partition coefficient (Wildman–Crippen LogP) is 3.17. The number of pyridine rings is 2. The molecule has 7 nitrogen and oxygen atoms in total. The third kappa shape index (κ3) is 3.38. The maximum Gasteiger partial charge on any atom is 0.346 e. The lowest BCUT2D eigenvalue weighted by Gasteiger charge is -2.05. The van der Waals surface area contributed by atoms with Gasteiger partial charge in [-0.3, -0.25) is 9.78 Å². The Morgan fingerprint density at radius 1 is 1.07 bits per heavy atom. The summed E-state index contributed by atoms with van der Waals surface area (Å²) in [5.74, 6) is -0.182. The Hall–Kier alpha value is -4.00. The lowest BCUT2D eigenvalue weighted by molar-refractivity contribution is 0.0727.